The normalized spacial score (nSPS) is 23.4. The van der Waals surface area contributed by atoms with Crippen molar-refractivity contribution in [2.24, 2.45) is 16.5 Å². The molecule has 2 amide bonds. The van der Waals surface area contributed by atoms with Crippen molar-refractivity contribution in [1.29, 1.82) is 5.26 Å². The van der Waals surface area contributed by atoms with Gasteiger partial charge in [-0.15, -0.1) is 0 Å². The predicted molar refractivity (Wildman–Crippen MR) is 211 cm³/mol. The standard InChI is InChI=1S/C39H50N12O6/c1-37(2)27(31(44-4)32(57-37)28(23-40)43-3)17-14-25-12-15-26(16-13-25)50(5)21-10-11-30(52)45-19-8-6-7-9-20-46-36(53)56-24-29-33-39(49-34(41)48-33)38(54,55)18-22-51(39)35(42)47-29/h12-17,29,33,54-55H,6-11,18-22,24H2,1-2,5H3,(H7,41,42,45,46,47,48,49,52,53)/p+1/b17-14+,32-28+/t29?,33-,39-/m0/s1. The lowest BCUT2D eigenvalue weighted by Crippen LogP contribution is -2.77. The molecule has 1 fully saturated rings. The van der Waals surface area contributed by atoms with Gasteiger partial charge >= 0.3 is 12.1 Å². The van der Waals surface area contributed by atoms with Crippen LogP contribution in [0, 0.1) is 24.5 Å². The van der Waals surface area contributed by atoms with E-state index in [1.54, 1.807) is 24.5 Å². The van der Waals surface area contributed by atoms with Gasteiger partial charge in [-0.25, -0.2) is 29.3 Å². The molecule has 0 aromatic heterocycles. The third kappa shape index (κ3) is 9.07. The van der Waals surface area contributed by atoms with Gasteiger partial charge in [0.25, 0.3) is 5.70 Å². The highest BCUT2D eigenvalue weighted by molar-refractivity contribution is 5.83. The summed E-state index contributed by atoms with van der Waals surface area (Å²) in [4.78, 5) is 38.0. The number of rotatable bonds is 16. The fourth-order valence-electron chi connectivity index (χ4n) is 7.53. The van der Waals surface area contributed by atoms with Crippen LogP contribution in [0.4, 0.5) is 10.5 Å². The molecule has 4 aliphatic heterocycles. The first kappa shape index (κ1) is 41.9. The van der Waals surface area contributed by atoms with E-state index < -0.39 is 35.2 Å². The summed E-state index contributed by atoms with van der Waals surface area (Å²) in [6.07, 6.45) is 7.47. The molecule has 1 saturated heterocycles. The number of hydrogen-bond donors (Lipinski definition) is 8. The van der Waals surface area contributed by atoms with Gasteiger partial charge in [-0.05, 0) is 50.8 Å². The molecule has 18 nitrogen and oxygen atoms in total. The van der Waals surface area contributed by atoms with E-state index in [9.17, 15) is 25.1 Å². The van der Waals surface area contributed by atoms with Crippen LogP contribution >= 0.6 is 0 Å². The number of benzene rings is 1. The van der Waals surface area contributed by atoms with E-state index in [1.807, 2.05) is 43.5 Å². The average Bonchev–Trinajstić information content (AvgIpc) is 3.77. The number of amides is 2. The van der Waals surface area contributed by atoms with Crippen LogP contribution in [0.3, 0.4) is 0 Å². The molecule has 0 radical (unpaired) electrons. The van der Waals surface area contributed by atoms with Gasteiger partial charge in [0.1, 0.15) is 24.0 Å². The maximum absolute atomic E-state index is 12.4. The Balaban J connectivity index is 0.928. The van der Waals surface area contributed by atoms with Crippen LogP contribution < -0.4 is 37.6 Å². The van der Waals surface area contributed by atoms with Crippen molar-refractivity contribution < 1.29 is 33.9 Å². The number of unbranched alkanes of at least 4 members (excludes halogenated alkanes) is 3. The van der Waals surface area contributed by atoms with Gasteiger partial charge in [0.05, 0.1) is 25.8 Å². The number of nitriles is 1. The van der Waals surface area contributed by atoms with E-state index >= 15 is 0 Å². The second kappa shape index (κ2) is 17.7. The number of nitrogens with one attached hydrogen (secondary N) is 4. The Morgan fingerprint density at radius 1 is 1.14 bits per heavy atom. The first-order valence-corrected chi connectivity index (χ1v) is 18.9. The number of aliphatic hydroxyl groups is 2. The van der Waals surface area contributed by atoms with Crippen molar-refractivity contribution in [2.45, 2.75) is 87.9 Å². The number of aliphatic imine (C=N–C) groups is 1. The highest BCUT2D eigenvalue weighted by Gasteiger charge is 2.71. The van der Waals surface area contributed by atoms with E-state index in [4.69, 9.17) is 34.1 Å². The number of ether oxygens (including phenoxy) is 2. The lowest BCUT2D eigenvalue weighted by molar-refractivity contribution is -0.623. The lowest BCUT2D eigenvalue weighted by atomic mass is 9.87. The summed E-state index contributed by atoms with van der Waals surface area (Å²) in [5, 5.41) is 42.4. The second-order valence-electron chi connectivity index (χ2n) is 14.8. The Morgan fingerprint density at radius 2 is 1.84 bits per heavy atom. The van der Waals surface area contributed by atoms with Crippen LogP contribution in [-0.2, 0) is 14.3 Å². The minimum atomic E-state index is -2.15. The largest absolute Gasteiger partial charge is 0.505 e. The third-order valence-corrected chi connectivity index (χ3v) is 10.5. The van der Waals surface area contributed by atoms with E-state index in [1.165, 1.54) is 0 Å². The molecule has 1 spiro atoms. The van der Waals surface area contributed by atoms with Crippen molar-refractivity contribution in [3.05, 3.63) is 81.5 Å². The number of alkyl carbamates (subject to hydrolysis) is 1. The maximum Gasteiger partial charge on any atom is 0.407 e. The van der Waals surface area contributed by atoms with Gasteiger partial charge < -0.3 is 46.3 Å². The Kier molecular flexibility index (Phi) is 13.0. The van der Waals surface area contributed by atoms with Crippen molar-refractivity contribution in [3.8, 4) is 6.07 Å². The van der Waals surface area contributed by atoms with Crippen LogP contribution in [0.2, 0.25) is 0 Å². The molecule has 4 heterocycles. The quantitative estimate of drug-likeness (QED) is 0.0389. The number of nitrogens with zero attached hydrogens (tertiary/aromatic N) is 6. The van der Waals surface area contributed by atoms with Crippen LogP contribution in [0.1, 0.15) is 64.4 Å². The number of guanidine groups is 2. The molecule has 57 heavy (non-hydrogen) atoms. The Bertz CT molecular complexity index is 1980. The zero-order valence-electron chi connectivity index (χ0n) is 32.5. The monoisotopic (exact) mass is 783 g/mol. The van der Waals surface area contributed by atoms with Gasteiger partial charge in [-0.3, -0.25) is 15.8 Å². The minimum Gasteiger partial charge on any atom is -0.505 e. The molecule has 5 rings (SSSR count). The van der Waals surface area contributed by atoms with Gasteiger partial charge in [-0.2, -0.15) is 0 Å². The van der Waals surface area contributed by atoms with Crippen LogP contribution in [0.25, 0.3) is 15.8 Å². The number of carbonyl (C=O) groups is 2. The van der Waals surface area contributed by atoms with E-state index in [0.29, 0.717) is 38.0 Å². The topological polar surface area (TPSA) is 244 Å². The van der Waals surface area contributed by atoms with E-state index in [-0.39, 0.29) is 54.6 Å². The number of carbonyl (C=O) groups excluding carboxylic acids is 2. The smallest absolute Gasteiger partial charge is 0.407 e. The van der Waals surface area contributed by atoms with Gasteiger partial charge in [-0.1, -0.05) is 37.1 Å². The molecule has 0 bridgehead atoms. The van der Waals surface area contributed by atoms with Crippen LogP contribution in [0.5, 0.6) is 0 Å². The fourth-order valence-corrected chi connectivity index (χ4v) is 7.53. The molecule has 3 atom stereocenters. The molecule has 18 heteroatoms. The highest BCUT2D eigenvalue weighted by atomic mass is 16.5. The summed E-state index contributed by atoms with van der Waals surface area (Å²) >= 11 is 0. The number of nitrogens with two attached hydrogens (primary N) is 2. The van der Waals surface area contributed by atoms with Gasteiger partial charge in [0, 0.05) is 50.8 Å². The fraction of sp³-hybridized carbons (Fsp3) is 0.513. The Hall–Kier alpha value is -6.29. The molecule has 0 saturated carbocycles. The first-order chi connectivity index (χ1) is 27.2. The van der Waals surface area contributed by atoms with Gasteiger partial charge in [0.15, 0.2) is 12.0 Å². The Labute approximate surface area is 332 Å². The second-order valence-corrected chi connectivity index (χ2v) is 14.8. The van der Waals surface area contributed by atoms with Crippen molar-refractivity contribution in [2.75, 3.05) is 44.7 Å². The maximum atomic E-state index is 12.4. The summed E-state index contributed by atoms with van der Waals surface area (Å²) in [5.41, 5.74) is 12.2. The van der Waals surface area contributed by atoms with Crippen molar-refractivity contribution >= 4 is 35.7 Å². The zero-order valence-corrected chi connectivity index (χ0v) is 32.5. The predicted octanol–water partition coefficient (Wildman–Crippen LogP) is 1.32. The molecule has 10 N–H and O–H groups in total. The molecule has 302 valence electrons. The summed E-state index contributed by atoms with van der Waals surface area (Å²) in [6, 6.07) is 8.28. The molecule has 0 aliphatic carbocycles. The molecule has 1 aromatic carbocycles. The third-order valence-electron chi connectivity index (χ3n) is 10.5. The van der Waals surface area contributed by atoms with Crippen LogP contribution in [-0.4, -0.2) is 108 Å². The zero-order chi connectivity index (χ0) is 41.4. The SMILES string of the molecule is [C-]#[N+]C1=C(/C=C/c2ccc(N(C)CCCC(=O)NCCCCCCNC(=O)OCC3NC(N)=[N+]4CCC(O)(O)[C@@]45NC(N)=N[C@@H]35)cc2)C(C)(C)O/C1=C(\C#N)[N+]#[C-]. The van der Waals surface area contributed by atoms with E-state index in [0.717, 1.165) is 36.9 Å². The highest BCUT2D eigenvalue weighted by Crippen LogP contribution is 2.42. The first-order valence-electron chi connectivity index (χ1n) is 18.9. The molecular weight excluding hydrogens is 733 g/mol. The number of allylic oxidation sites excluding steroid dienone is 1. The van der Waals surface area contributed by atoms with Gasteiger partial charge in [0.2, 0.25) is 23.1 Å². The number of anilines is 1. The lowest BCUT2D eigenvalue weighted by Gasteiger charge is -2.42. The molecule has 1 unspecified atom stereocenters. The summed E-state index contributed by atoms with van der Waals surface area (Å²) in [5.74, 6) is -1.88. The summed E-state index contributed by atoms with van der Waals surface area (Å²) < 4.78 is 12.8. The summed E-state index contributed by atoms with van der Waals surface area (Å²) in [7, 11) is 1.97. The summed E-state index contributed by atoms with van der Waals surface area (Å²) in [6.45, 7) is 20.3. The Morgan fingerprint density at radius 3 is 2.51 bits per heavy atom. The molecule has 1 aromatic rings. The number of hydrogen-bond acceptors (Lipinski definition) is 13. The van der Waals surface area contributed by atoms with Crippen LogP contribution in [0.15, 0.2) is 58.1 Å². The minimum absolute atomic E-state index is 0.000272. The van der Waals surface area contributed by atoms with Crippen molar-refractivity contribution in [1.82, 2.24) is 21.3 Å². The molecule has 4 aliphatic rings. The molecular formula is C39H51N12O6+. The van der Waals surface area contributed by atoms with E-state index in [2.05, 4.69) is 40.8 Å². The average molecular weight is 784 g/mol. The van der Waals surface area contributed by atoms with Crippen molar-refractivity contribution in [3.63, 3.8) is 0 Å².